The highest BCUT2D eigenvalue weighted by atomic mass is 16.5. The van der Waals surface area contributed by atoms with Crippen LogP contribution in [-0.2, 0) is 0 Å². The fourth-order valence-corrected chi connectivity index (χ4v) is 3.25. The first-order chi connectivity index (χ1) is 9.81. The Labute approximate surface area is 121 Å². The summed E-state index contributed by atoms with van der Waals surface area (Å²) in [4.78, 5) is 6.73. The largest absolute Gasteiger partial charge is 0.489 e. The molecule has 20 heavy (non-hydrogen) atoms. The van der Waals surface area contributed by atoms with Crippen LogP contribution in [0.2, 0.25) is 0 Å². The summed E-state index contributed by atoms with van der Waals surface area (Å²) in [6.45, 7) is 6.51. The van der Waals surface area contributed by atoms with E-state index in [9.17, 15) is 0 Å². The zero-order valence-electron chi connectivity index (χ0n) is 12.3. The molecule has 1 aromatic rings. The van der Waals surface area contributed by atoms with Crippen molar-refractivity contribution in [3.63, 3.8) is 0 Å². The smallest absolute Gasteiger partial charge is 0.140 e. The summed E-state index contributed by atoms with van der Waals surface area (Å²) in [5, 5.41) is 3.38. The van der Waals surface area contributed by atoms with E-state index in [1.54, 1.807) is 0 Å². The highest BCUT2D eigenvalue weighted by molar-refractivity contribution is 5.48. The van der Waals surface area contributed by atoms with Crippen LogP contribution in [0.1, 0.15) is 32.6 Å². The van der Waals surface area contributed by atoms with Gasteiger partial charge >= 0.3 is 0 Å². The molecule has 1 saturated heterocycles. The normalized spacial score (nSPS) is 27.4. The Balaban J connectivity index is 1.64. The van der Waals surface area contributed by atoms with Gasteiger partial charge in [0.25, 0.3) is 0 Å². The van der Waals surface area contributed by atoms with Gasteiger partial charge in [-0.2, -0.15) is 0 Å². The number of rotatable bonds is 3. The van der Waals surface area contributed by atoms with Gasteiger partial charge in [-0.25, -0.2) is 0 Å². The van der Waals surface area contributed by atoms with Gasteiger partial charge < -0.3 is 15.0 Å². The van der Waals surface area contributed by atoms with Crippen molar-refractivity contribution in [1.29, 1.82) is 0 Å². The van der Waals surface area contributed by atoms with E-state index in [1.807, 2.05) is 12.4 Å². The third-order valence-electron chi connectivity index (χ3n) is 4.37. The molecule has 0 aromatic carbocycles. The fraction of sp³-hybridized carbons (Fsp3) is 0.688. The second kappa shape index (κ2) is 6.44. The Bertz CT molecular complexity index is 431. The van der Waals surface area contributed by atoms with E-state index in [2.05, 4.69) is 28.2 Å². The maximum Gasteiger partial charge on any atom is 0.140 e. The molecule has 1 N–H and O–H groups in total. The fourth-order valence-electron chi connectivity index (χ4n) is 3.25. The van der Waals surface area contributed by atoms with Crippen molar-refractivity contribution in [3.8, 4) is 5.75 Å². The molecular formula is C16H25N3O. The van der Waals surface area contributed by atoms with E-state index in [1.165, 1.54) is 31.4 Å². The van der Waals surface area contributed by atoms with Gasteiger partial charge in [0.1, 0.15) is 5.75 Å². The van der Waals surface area contributed by atoms with Crippen molar-refractivity contribution in [1.82, 2.24) is 10.3 Å². The lowest BCUT2D eigenvalue weighted by Crippen LogP contribution is -2.43. The summed E-state index contributed by atoms with van der Waals surface area (Å²) in [5.74, 6) is 1.72. The minimum Gasteiger partial charge on any atom is -0.489 e. The van der Waals surface area contributed by atoms with E-state index in [0.717, 1.165) is 37.8 Å². The molecule has 0 amide bonds. The number of hydrogen-bond donors (Lipinski definition) is 1. The molecule has 2 aliphatic rings. The molecule has 2 fully saturated rings. The van der Waals surface area contributed by atoms with Crippen molar-refractivity contribution >= 4 is 5.69 Å². The maximum atomic E-state index is 6.15. The zero-order valence-corrected chi connectivity index (χ0v) is 12.3. The van der Waals surface area contributed by atoms with E-state index < -0.39 is 0 Å². The molecule has 2 unspecified atom stereocenters. The van der Waals surface area contributed by atoms with Gasteiger partial charge in [0.05, 0.1) is 24.2 Å². The van der Waals surface area contributed by atoms with Crippen molar-refractivity contribution in [2.75, 3.05) is 31.1 Å². The van der Waals surface area contributed by atoms with Gasteiger partial charge in [0.15, 0.2) is 0 Å². The number of ether oxygens (including phenoxy) is 1. The van der Waals surface area contributed by atoms with E-state index in [0.29, 0.717) is 6.10 Å². The number of nitrogens with zero attached hydrogens (tertiary/aromatic N) is 2. The summed E-state index contributed by atoms with van der Waals surface area (Å²) >= 11 is 0. The van der Waals surface area contributed by atoms with Crippen LogP contribution in [-0.4, -0.2) is 37.3 Å². The molecule has 1 aliphatic carbocycles. The molecule has 4 nitrogen and oxygen atoms in total. The van der Waals surface area contributed by atoms with Crippen molar-refractivity contribution in [3.05, 3.63) is 18.5 Å². The molecular weight excluding hydrogens is 250 g/mol. The average Bonchev–Trinajstić information content (AvgIpc) is 2.48. The third-order valence-corrected chi connectivity index (χ3v) is 4.37. The molecule has 110 valence electrons. The van der Waals surface area contributed by atoms with Gasteiger partial charge in [-0.15, -0.1) is 0 Å². The van der Waals surface area contributed by atoms with Crippen molar-refractivity contribution in [2.24, 2.45) is 5.92 Å². The monoisotopic (exact) mass is 275 g/mol. The highest BCUT2D eigenvalue weighted by Crippen LogP contribution is 2.28. The SMILES string of the molecule is CC1CCCC(Oc2cncc(N3CCNCC3)c2)C1. The van der Waals surface area contributed by atoms with Gasteiger partial charge in [-0.05, 0) is 25.2 Å². The van der Waals surface area contributed by atoms with Gasteiger partial charge in [0, 0.05) is 32.2 Å². The number of anilines is 1. The van der Waals surface area contributed by atoms with Crippen LogP contribution < -0.4 is 15.0 Å². The predicted molar refractivity (Wildman–Crippen MR) is 81.4 cm³/mol. The lowest BCUT2D eigenvalue weighted by molar-refractivity contribution is 0.129. The number of nitrogens with one attached hydrogen (secondary N) is 1. The second-order valence-electron chi connectivity index (χ2n) is 6.13. The number of pyridine rings is 1. The predicted octanol–water partition coefficient (Wildman–Crippen LogP) is 2.45. The molecule has 0 radical (unpaired) electrons. The van der Waals surface area contributed by atoms with Crippen LogP contribution in [0, 0.1) is 5.92 Å². The van der Waals surface area contributed by atoms with E-state index in [-0.39, 0.29) is 0 Å². The Morgan fingerprint density at radius 1 is 1.25 bits per heavy atom. The first-order valence-electron chi connectivity index (χ1n) is 7.88. The Morgan fingerprint density at radius 3 is 2.90 bits per heavy atom. The quantitative estimate of drug-likeness (QED) is 0.919. The molecule has 1 saturated carbocycles. The number of hydrogen-bond acceptors (Lipinski definition) is 4. The first kappa shape index (κ1) is 13.7. The van der Waals surface area contributed by atoms with Crippen LogP contribution in [0.3, 0.4) is 0 Å². The van der Waals surface area contributed by atoms with E-state index >= 15 is 0 Å². The second-order valence-corrected chi connectivity index (χ2v) is 6.13. The molecule has 2 heterocycles. The number of aromatic nitrogens is 1. The van der Waals surface area contributed by atoms with Crippen LogP contribution in [0.4, 0.5) is 5.69 Å². The first-order valence-corrected chi connectivity index (χ1v) is 7.88. The van der Waals surface area contributed by atoms with Crippen molar-refractivity contribution in [2.45, 2.75) is 38.7 Å². The summed E-state index contributed by atoms with van der Waals surface area (Å²) in [5.41, 5.74) is 1.19. The van der Waals surface area contributed by atoms with Gasteiger partial charge in [-0.3, -0.25) is 4.98 Å². The molecule has 0 spiro atoms. The molecule has 3 rings (SSSR count). The van der Waals surface area contributed by atoms with Crippen molar-refractivity contribution < 1.29 is 4.74 Å². The van der Waals surface area contributed by atoms with Crippen LogP contribution in [0.5, 0.6) is 5.75 Å². The van der Waals surface area contributed by atoms with Crippen LogP contribution in [0.15, 0.2) is 18.5 Å². The average molecular weight is 275 g/mol. The third kappa shape index (κ3) is 3.42. The summed E-state index contributed by atoms with van der Waals surface area (Å²) in [6, 6.07) is 2.15. The van der Waals surface area contributed by atoms with Gasteiger partial charge in [-0.1, -0.05) is 13.3 Å². The number of piperazine rings is 1. The molecule has 4 heteroatoms. The topological polar surface area (TPSA) is 37.4 Å². The van der Waals surface area contributed by atoms with Gasteiger partial charge in [0.2, 0.25) is 0 Å². The Morgan fingerprint density at radius 2 is 2.10 bits per heavy atom. The van der Waals surface area contributed by atoms with Crippen LogP contribution >= 0.6 is 0 Å². The lowest BCUT2D eigenvalue weighted by atomic mass is 9.89. The highest BCUT2D eigenvalue weighted by Gasteiger charge is 2.20. The molecule has 0 bridgehead atoms. The maximum absolute atomic E-state index is 6.15. The summed E-state index contributed by atoms with van der Waals surface area (Å²) in [7, 11) is 0. The minimum atomic E-state index is 0.374. The van der Waals surface area contributed by atoms with Crippen LogP contribution in [0.25, 0.3) is 0 Å². The minimum absolute atomic E-state index is 0.374. The molecule has 1 aromatic heterocycles. The lowest BCUT2D eigenvalue weighted by Gasteiger charge is -2.30. The Hall–Kier alpha value is -1.29. The van der Waals surface area contributed by atoms with E-state index in [4.69, 9.17) is 4.74 Å². The summed E-state index contributed by atoms with van der Waals surface area (Å²) < 4.78 is 6.15. The zero-order chi connectivity index (χ0) is 13.8. The molecule has 1 aliphatic heterocycles. The Kier molecular flexibility index (Phi) is 4.41. The molecule has 2 atom stereocenters. The standard InChI is InChI=1S/C16H25N3O/c1-13-3-2-4-15(9-13)20-16-10-14(11-18-12-16)19-7-5-17-6-8-19/h10-13,15,17H,2-9H2,1H3. The summed E-state index contributed by atoms with van der Waals surface area (Å²) in [6.07, 6.45) is 9.17.